The zero-order chi connectivity index (χ0) is 16.1. The number of ether oxygens (including phenoxy) is 1. The number of carbonyl (C=O) groups excluding carboxylic acids is 1. The van der Waals surface area contributed by atoms with Crippen LogP contribution in [0.25, 0.3) is 0 Å². The highest BCUT2D eigenvalue weighted by atomic mass is 35.5. The van der Waals surface area contributed by atoms with Gasteiger partial charge in [0.25, 0.3) is 0 Å². The first-order chi connectivity index (χ1) is 10.5. The molecule has 22 heavy (non-hydrogen) atoms. The molecule has 0 aromatic heterocycles. The third-order valence-corrected chi connectivity index (χ3v) is 4.20. The lowest BCUT2D eigenvalue weighted by Gasteiger charge is -2.10. The van der Waals surface area contributed by atoms with E-state index in [1.165, 1.54) is 0 Å². The molecule has 1 amide bonds. The molecule has 0 fully saturated rings. The van der Waals surface area contributed by atoms with Gasteiger partial charge in [-0.15, -0.1) is 0 Å². The first-order valence-electron chi connectivity index (χ1n) is 6.27. The predicted molar refractivity (Wildman–Crippen MR) is 89.0 cm³/mol. The molecular weight excluding hydrogens is 345 g/mol. The van der Waals surface area contributed by atoms with Gasteiger partial charge in [-0.1, -0.05) is 41.4 Å². The Morgan fingerprint density at radius 2 is 1.82 bits per heavy atom. The van der Waals surface area contributed by atoms with Gasteiger partial charge in [0.15, 0.2) is 0 Å². The number of halogens is 2. The van der Waals surface area contributed by atoms with Gasteiger partial charge in [-0.05, 0) is 24.3 Å². The van der Waals surface area contributed by atoms with E-state index in [0.717, 1.165) is 0 Å². The summed E-state index contributed by atoms with van der Waals surface area (Å²) in [5.74, 6) is 0. The predicted octanol–water partition coefficient (Wildman–Crippen LogP) is 4.48. The van der Waals surface area contributed by atoms with Crippen LogP contribution in [0.15, 0.2) is 47.4 Å². The fourth-order valence-electron chi connectivity index (χ4n) is 1.83. The van der Waals surface area contributed by atoms with Crippen LogP contribution in [0.1, 0.15) is 5.56 Å². The Hall–Kier alpha value is -1.56. The van der Waals surface area contributed by atoms with E-state index in [2.05, 4.69) is 5.32 Å². The van der Waals surface area contributed by atoms with Crippen molar-refractivity contribution in [2.75, 3.05) is 11.6 Å². The molecule has 0 aliphatic heterocycles. The summed E-state index contributed by atoms with van der Waals surface area (Å²) < 4.78 is 16.7. The summed E-state index contributed by atoms with van der Waals surface area (Å²) >= 11 is 11.7. The van der Waals surface area contributed by atoms with Crippen molar-refractivity contribution in [1.82, 2.24) is 0 Å². The highest BCUT2D eigenvalue weighted by Crippen LogP contribution is 2.22. The summed E-state index contributed by atoms with van der Waals surface area (Å²) in [6.45, 7) is 0.0237. The van der Waals surface area contributed by atoms with E-state index in [1.54, 1.807) is 48.7 Å². The molecule has 0 aliphatic rings. The zero-order valence-corrected chi connectivity index (χ0v) is 14.0. The molecule has 0 aliphatic carbocycles. The van der Waals surface area contributed by atoms with Gasteiger partial charge < -0.3 is 4.74 Å². The van der Waals surface area contributed by atoms with Gasteiger partial charge in [-0.3, -0.25) is 9.53 Å². The third kappa shape index (κ3) is 4.73. The van der Waals surface area contributed by atoms with Crippen LogP contribution in [0.5, 0.6) is 0 Å². The highest BCUT2D eigenvalue weighted by Gasteiger charge is 2.09. The summed E-state index contributed by atoms with van der Waals surface area (Å²) in [6.07, 6.45) is 0.933. The quantitative estimate of drug-likeness (QED) is 0.877. The zero-order valence-electron chi connectivity index (χ0n) is 11.6. The largest absolute Gasteiger partial charge is 0.444 e. The van der Waals surface area contributed by atoms with Gasteiger partial charge in [-0.2, -0.15) is 0 Å². The monoisotopic (exact) mass is 357 g/mol. The van der Waals surface area contributed by atoms with E-state index in [1.807, 2.05) is 0 Å². The van der Waals surface area contributed by atoms with Crippen LogP contribution in [0.2, 0.25) is 10.0 Å². The lowest BCUT2D eigenvalue weighted by molar-refractivity contribution is 0.154. The number of rotatable bonds is 4. The maximum absolute atomic E-state index is 11.8. The molecule has 2 aromatic carbocycles. The molecule has 0 saturated carbocycles. The van der Waals surface area contributed by atoms with E-state index in [9.17, 15) is 9.00 Å². The topological polar surface area (TPSA) is 55.4 Å². The number of anilines is 1. The first kappa shape index (κ1) is 16.8. The molecule has 116 valence electrons. The summed E-state index contributed by atoms with van der Waals surface area (Å²) in [7, 11) is -1.15. The Labute approximate surface area is 140 Å². The molecule has 2 rings (SSSR count). The molecule has 0 heterocycles. The molecule has 0 unspecified atom stereocenters. The second-order valence-corrected chi connectivity index (χ2v) is 6.64. The van der Waals surface area contributed by atoms with Crippen LogP contribution in [-0.2, 0) is 22.1 Å². The first-order valence-corrected chi connectivity index (χ1v) is 8.58. The summed E-state index contributed by atoms with van der Waals surface area (Å²) in [5.41, 5.74) is 1.14. The summed E-state index contributed by atoms with van der Waals surface area (Å²) in [4.78, 5) is 12.4. The van der Waals surface area contributed by atoms with E-state index < -0.39 is 16.9 Å². The Kier molecular flexibility index (Phi) is 5.83. The third-order valence-electron chi connectivity index (χ3n) is 2.75. The van der Waals surface area contributed by atoms with Crippen molar-refractivity contribution >= 4 is 45.8 Å². The van der Waals surface area contributed by atoms with E-state index in [4.69, 9.17) is 27.9 Å². The highest BCUT2D eigenvalue weighted by molar-refractivity contribution is 7.84. The van der Waals surface area contributed by atoms with Gasteiger partial charge in [0.2, 0.25) is 0 Å². The molecule has 0 spiro atoms. The Morgan fingerprint density at radius 3 is 2.45 bits per heavy atom. The minimum atomic E-state index is -1.15. The normalized spacial score (nSPS) is 11.8. The van der Waals surface area contributed by atoms with Crippen LogP contribution >= 0.6 is 23.2 Å². The van der Waals surface area contributed by atoms with Crippen molar-refractivity contribution < 1.29 is 13.7 Å². The second kappa shape index (κ2) is 7.63. The molecular formula is C15H13Cl2NO3S. The van der Waals surface area contributed by atoms with E-state index >= 15 is 0 Å². The van der Waals surface area contributed by atoms with Crippen molar-refractivity contribution in [1.29, 1.82) is 0 Å². The van der Waals surface area contributed by atoms with Crippen LogP contribution in [0.3, 0.4) is 0 Å². The van der Waals surface area contributed by atoms with Gasteiger partial charge >= 0.3 is 6.09 Å². The molecule has 4 nitrogen and oxygen atoms in total. The maximum atomic E-state index is 11.8. The van der Waals surface area contributed by atoms with Crippen molar-refractivity contribution in [2.24, 2.45) is 0 Å². The number of benzene rings is 2. The summed E-state index contributed by atoms with van der Waals surface area (Å²) in [6, 6.07) is 11.8. The number of hydrogen-bond donors (Lipinski definition) is 1. The lowest BCUT2D eigenvalue weighted by atomic mass is 10.2. The SMILES string of the molecule is C[S@@](=O)c1ccccc1COC(=O)Nc1cc(Cl)cc(Cl)c1. The second-order valence-electron chi connectivity index (χ2n) is 4.42. The number of nitrogens with one attached hydrogen (secondary N) is 1. The van der Waals surface area contributed by atoms with Crippen molar-refractivity contribution in [3.05, 3.63) is 58.1 Å². The number of amides is 1. The smallest absolute Gasteiger partial charge is 0.411 e. The Bertz CT molecular complexity index is 701. The summed E-state index contributed by atoms with van der Waals surface area (Å²) in [5, 5.41) is 3.36. The molecule has 0 radical (unpaired) electrons. The van der Waals surface area contributed by atoms with Gasteiger partial charge in [0, 0.05) is 32.4 Å². The molecule has 1 N–H and O–H groups in total. The van der Waals surface area contributed by atoms with Crippen LogP contribution in [0.4, 0.5) is 10.5 Å². The van der Waals surface area contributed by atoms with Crippen molar-refractivity contribution in [3.8, 4) is 0 Å². The molecule has 1 atom stereocenters. The number of carbonyl (C=O) groups is 1. The fourth-order valence-corrected chi connectivity index (χ4v) is 3.12. The van der Waals surface area contributed by atoms with Crippen LogP contribution in [-0.4, -0.2) is 16.6 Å². The Morgan fingerprint density at radius 1 is 1.18 bits per heavy atom. The molecule has 2 aromatic rings. The molecule has 0 saturated heterocycles. The molecule has 0 bridgehead atoms. The minimum absolute atomic E-state index is 0.0237. The van der Waals surface area contributed by atoms with Gasteiger partial charge in [0.1, 0.15) is 6.61 Å². The standard InChI is InChI=1S/C15H13Cl2NO3S/c1-22(20)14-5-3-2-4-10(14)9-21-15(19)18-13-7-11(16)6-12(17)8-13/h2-8H,9H2,1H3,(H,18,19)/t22-/m1/s1. The van der Waals surface area contributed by atoms with Gasteiger partial charge in [-0.25, -0.2) is 4.79 Å². The average molecular weight is 358 g/mol. The molecule has 7 heteroatoms. The fraction of sp³-hybridized carbons (Fsp3) is 0.133. The van der Waals surface area contributed by atoms with E-state index in [-0.39, 0.29) is 6.61 Å². The lowest BCUT2D eigenvalue weighted by Crippen LogP contribution is -2.14. The van der Waals surface area contributed by atoms with E-state index in [0.29, 0.717) is 26.2 Å². The van der Waals surface area contributed by atoms with Crippen LogP contribution < -0.4 is 5.32 Å². The van der Waals surface area contributed by atoms with Crippen molar-refractivity contribution in [2.45, 2.75) is 11.5 Å². The Balaban J connectivity index is 2.00. The maximum Gasteiger partial charge on any atom is 0.411 e. The van der Waals surface area contributed by atoms with Crippen molar-refractivity contribution in [3.63, 3.8) is 0 Å². The van der Waals surface area contributed by atoms with Gasteiger partial charge in [0.05, 0.1) is 10.8 Å². The minimum Gasteiger partial charge on any atom is -0.444 e. The average Bonchev–Trinajstić information content (AvgIpc) is 2.44. The number of hydrogen-bond acceptors (Lipinski definition) is 3. The van der Waals surface area contributed by atoms with Crippen LogP contribution in [0, 0.1) is 0 Å².